The van der Waals surface area contributed by atoms with Gasteiger partial charge in [0.25, 0.3) is 11.8 Å². The van der Waals surface area contributed by atoms with E-state index in [9.17, 15) is 19.2 Å². The van der Waals surface area contributed by atoms with Crippen LogP contribution in [0.2, 0.25) is 0 Å². The number of hydrogen-bond acceptors (Lipinski definition) is 4. The SMILES string of the molecule is C=CCN1C(=O)C(C#N)=C(C)/C(=C\c2ccc(-c3ccc(F)cc3)o2)C1=O. The lowest BCUT2D eigenvalue weighted by Crippen LogP contribution is -2.42. The summed E-state index contributed by atoms with van der Waals surface area (Å²) in [5, 5.41) is 9.29. The molecule has 1 aromatic heterocycles. The van der Waals surface area contributed by atoms with Crippen molar-refractivity contribution >= 4 is 17.9 Å². The van der Waals surface area contributed by atoms with E-state index in [1.165, 1.54) is 24.3 Å². The number of imide groups is 1. The lowest BCUT2D eigenvalue weighted by Gasteiger charge is -2.26. The molecule has 2 heterocycles. The maximum atomic E-state index is 13.1. The number of nitrogens with zero attached hydrogens (tertiary/aromatic N) is 2. The highest BCUT2D eigenvalue weighted by molar-refractivity contribution is 6.19. The zero-order chi connectivity index (χ0) is 19.6. The molecule has 6 heteroatoms. The summed E-state index contributed by atoms with van der Waals surface area (Å²) in [6.45, 7) is 5.09. The largest absolute Gasteiger partial charge is 0.457 e. The summed E-state index contributed by atoms with van der Waals surface area (Å²) in [5.74, 6) is -0.620. The zero-order valence-electron chi connectivity index (χ0n) is 14.5. The van der Waals surface area contributed by atoms with Gasteiger partial charge in [-0.25, -0.2) is 4.39 Å². The first kappa shape index (κ1) is 18.1. The quantitative estimate of drug-likeness (QED) is 0.470. The Hall–Kier alpha value is -3.72. The standard InChI is InChI=1S/C21H15FN2O3/c1-3-10-24-20(25)17(13(2)18(12-23)21(24)26)11-16-8-9-19(27-16)14-4-6-15(22)7-5-14/h3-9,11H,1,10H2,2H3/b17-11+. The molecule has 0 atom stereocenters. The molecule has 0 N–H and O–H groups in total. The topological polar surface area (TPSA) is 74.3 Å². The van der Waals surface area contributed by atoms with E-state index in [0.717, 1.165) is 4.90 Å². The summed E-state index contributed by atoms with van der Waals surface area (Å²) < 4.78 is 18.8. The highest BCUT2D eigenvalue weighted by atomic mass is 19.1. The first-order valence-corrected chi connectivity index (χ1v) is 8.12. The zero-order valence-corrected chi connectivity index (χ0v) is 14.5. The monoisotopic (exact) mass is 362 g/mol. The molecule has 0 saturated carbocycles. The van der Waals surface area contributed by atoms with E-state index in [2.05, 4.69) is 6.58 Å². The van der Waals surface area contributed by atoms with Crippen molar-refractivity contribution in [3.05, 3.63) is 77.3 Å². The van der Waals surface area contributed by atoms with Crippen molar-refractivity contribution in [1.82, 2.24) is 4.90 Å². The molecule has 1 aliphatic heterocycles. The van der Waals surface area contributed by atoms with Crippen LogP contribution in [0.4, 0.5) is 4.39 Å². The van der Waals surface area contributed by atoms with Gasteiger partial charge in [0.2, 0.25) is 0 Å². The summed E-state index contributed by atoms with van der Waals surface area (Å²) >= 11 is 0. The van der Waals surface area contributed by atoms with Crippen LogP contribution in [0.5, 0.6) is 0 Å². The van der Waals surface area contributed by atoms with Crippen LogP contribution >= 0.6 is 0 Å². The van der Waals surface area contributed by atoms with Crippen molar-refractivity contribution < 1.29 is 18.4 Å². The second-order valence-corrected chi connectivity index (χ2v) is 5.89. The Morgan fingerprint density at radius 1 is 1.19 bits per heavy atom. The van der Waals surface area contributed by atoms with Crippen molar-refractivity contribution in [3.8, 4) is 17.4 Å². The summed E-state index contributed by atoms with van der Waals surface area (Å²) in [6, 6.07) is 11.0. The van der Waals surface area contributed by atoms with Gasteiger partial charge in [-0.05, 0) is 55.0 Å². The summed E-state index contributed by atoms with van der Waals surface area (Å²) in [6.07, 6.45) is 2.91. The Morgan fingerprint density at radius 3 is 2.52 bits per heavy atom. The molecule has 134 valence electrons. The van der Waals surface area contributed by atoms with Gasteiger partial charge in [-0.15, -0.1) is 6.58 Å². The van der Waals surface area contributed by atoms with E-state index in [-0.39, 0.29) is 23.5 Å². The van der Waals surface area contributed by atoms with Crippen LogP contribution in [0.15, 0.2) is 70.2 Å². The van der Waals surface area contributed by atoms with Crippen molar-refractivity contribution in [3.63, 3.8) is 0 Å². The maximum absolute atomic E-state index is 13.1. The molecule has 0 radical (unpaired) electrons. The first-order valence-electron chi connectivity index (χ1n) is 8.12. The molecule has 0 fully saturated rings. The van der Waals surface area contributed by atoms with Crippen LogP contribution in [-0.4, -0.2) is 23.3 Å². The van der Waals surface area contributed by atoms with Crippen molar-refractivity contribution in [1.29, 1.82) is 5.26 Å². The molecule has 0 saturated heterocycles. The summed E-state index contributed by atoms with van der Waals surface area (Å²) in [7, 11) is 0. The van der Waals surface area contributed by atoms with Gasteiger partial charge in [-0.1, -0.05) is 6.08 Å². The van der Waals surface area contributed by atoms with E-state index in [1.807, 2.05) is 6.07 Å². The number of hydrogen-bond donors (Lipinski definition) is 0. The minimum absolute atomic E-state index is 0.00640. The highest BCUT2D eigenvalue weighted by Crippen LogP contribution is 2.29. The molecule has 2 amide bonds. The van der Waals surface area contributed by atoms with Crippen LogP contribution in [0.1, 0.15) is 12.7 Å². The maximum Gasteiger partial charge on any atom is 0.271 e. The molecule has 3 rings (SSSR count). The summed E-state index contributed by atoms with van der Waals surface area (Å²) in [5.41, 5.74) is 1.10. The van der Waals surface area contributed by atoms with Crippen molar-refractivity contribution in [2.75, 3.05) is 6.54 Å². The molecule has 1 aliphatic rings. The number of nitriles is 1. The number of carbonyl (C=O) groups excluding carboxylic acids is 2. The Bertz CT molecular complexity index is 1040. The Balaban J connectivity index is 2.02. The average molecular weight is 362 g/mol. The first-order chi connectivity index (χ1) is 13.0. The van der Waals surface area contributed by atoms with E-state index < -0.39 is 11.8 Å². The van der Waals surface area contributed by atoms with Gasteiger partial charge in [-0.3, -0.25) is 14.5 Å². The minimum atomic E-state index is -0.636. The number of furan rings is 1. The Labute approximate surface area is 155 Å². The predicted molar refractivity (Wildman–Crippen MR) is 97.3 cm³/mol. The lowest BCUT2D eigenvalue weighted by atomic mass is 9.94. The molecule has 5 nitrogen and oxygen atoms in total. The van der Waals surface area contributed by atoms with Gasteiger partial charge in [0.15, 0.2) is 0 Å². The number of carbonyl (C=O) groups is 2. The van der Waals surface area contributed by atoms with E-state index in [4.69, 9.17) is 4.42 Å². The van der Waals surface area contributed by atoms with Crippen LogP contribution in [-0.2, 0) is 9.59 Å². The number of rotatable bonds is 4. The van der Waals surface area contributed by atoms with E-state index in [0.29, 0.717) is 22.7 Å². The number of amides is 2. The molecule has 1 aromatic carbocycles. The third-order valence-corrected chi connectivity index (χ3v) is 4.18. The molecule has 0 aliphatic carbocycles. The van der Waals surface area contributed by atoms with E-state index >= 15 is 0 Å². The van der Waals surface area contributed by atoms with Gasteiger partial charge in [0.05, 0.1) is 0 Å². The van der Waals surface area contributed by atoms with Gasteiger partial charge in [-0.2, -0.15) is 5.26 Å². The lowest BCUT2D eigenvalue weighted by molar-refractivity contribution is -0.139. The fraction of sp³-hybridized carbons (Fsp3) is 0.0952. The number of halogens is 1. The molecule has 0 spiro atoms. The Kier molecular flexibility index (Phi) is 4.86. The van der Waals surface area contributed by atoms with Crippen LogP contribution < -0.4 is 0 Å². The minimum Gasteiger partial charge on any atom is -0.457 e. The fourth-order valence-electron chi connectivity index (χ4n) is 2.77. The van der Waals surface area contributed by atoms with Gasteiger partial charge in [0, 0.05) is 17.7 Å². The number of benzene rings is 1. The summed E-state index contributed by atoms with van der Waals surface area (Å²) in [4.78, 5) is 25.9. The van der Waals surface area contributed by atoms with Gasteiger partial charge in [0.1, 0.15) is 29.0 Å². The Morgan fingerprint density at radius 2 is 1.89 bits per heavy atom. The second-order valence-electron chi connectivity index (χ2n) is 5.89. The van der Waals surface area contributed by atoms with Crippen LogP contribution in [0.25, 0.3) is 17.4 Å². The molecule has 0 bridgehead atoms. The average Bonchev–Trinajstić information content (AvgIpc) is 3.12. The molecule has 2 aromatic rings. The van der Waals surface area contributed by atoms with Crippen molar-refractivity contribution in [2.45, 2.75) is 6.92 Å². The van der Waals surface area contributed by atoms with E-state index in [1.54, 1.807) is 31.2 Å². The third-order valence-electron chi connectivity index (χ3n) is 4.18. The third kappa shape index (κ3) is 3.35. The normalized spacial score (nSPS) is 16.0. The highest BCUT2D eigenvalue weighted by Gasteiger charge is 2.34. The fourth-order valence-corrected chi connectivity index (χ4v) is 2.77. The van der Waals surface area contributed by atoms with Crippen molar-refractivity contribution in [2.24, 2.45) is 0 Å². The predicted octanol–water partition coefficient (Wildman–Crippen LogP) is 3.86. The smallest absolute Gasteiger partial charge is 0.271 e. The molecular weight excluding hydrogens is 347 g/mol. The molecule has 0 unspecified atom stereocenters. The van der Waals surface area contributed by atoms with Crippen LogP contribution in [0, 0.1) is 17.1 Å². The van der Waals surface area contributed by atoms with Crippen LogP contribution in [0.3, 0.4) is 0 Å². The molecule has 27 heavy (non-hydrogen) atoms. The molecular formula is C21H15FN2O3. The second kappa shape index (κ2) is 7.26. The van der Waals surface area contributed by atoms with Gasteiger partial charge < -0.3 is 4.42 Å². The van der Waals surface area contributed by atoms with Gasteiger partial charge >= 0.3 is 0 Å².